The van der Waals surface area contributed by atoms with Crippen LogP contribution in [0.2, 0.25) is 0 Å². The summed E-state index contributed by atoms with van der Waals surface area (Å²) in [7, 11) is 0. The Kier molecular flexibility index (Phi) is 6.42. The van der Waals surface area contributed by atoms with Crippen molar-refractivity contribution in [1.82, 2.24) is 10.2 Å². The Bertz CT molecular complexity index is 779. The minimum Gasteiger partial charge on any atom is -0.349 e. The molecular formula is C23H26N2O2. The molecule has 1 aliphatic heterocycles. The lowest BCUT2D eigenvalue weighted by Gasteiger charge is -2.31. The van der Waals surface area contributed by atoms with Gasteiger partial charge in [-0.25, -0.2) is 0 Å². The van der Waals surface area contributed by atoms with Crippen molar-refractivity contribution in [3.8, 4) is 0 Å². The van der Waals surface area contributed by atoms with Gasteiger partial charge in [-0.1, -0.05) is 60.7 Å². The van der Waals surface area contributed by atoms with Gasteiger partial charge in [-0.2, -0.15) is 0 Å². The van der Waals surface area contributed by atoms with Gasteiger partial charge in [-0.05, 0) is 37.0 Å². The minimum absolute atomic E-state index is 0.00725. The third kappa shape index (κ3) is 5.30. The molecule has 27 heavy (non-hydrogen) atoms. The summed E-state index contributed by atoms with van der Waals surface area (Å²) in [6, 6.07) is 19.7. The van der Waals surface area contributed by atoms with Gasteiger partial charge in [0.05, 0.1) is 6.04 Å². The molecule has 0 aliphatic carbocycles. The van der Waals surface area contributed by atoms with Crippen molar-refractivity contribution in [1.29, 1.82) is 0 Å². The first-order valence-corrected chi connectivity index (χ1v) is 9.51. The predicted octanol–water partition coefficient (Wildman–Crippen LogP) is 3.82. The molecular weight excluding hydrogens is 336 g/mol. The van der Waals surface area contributed by atoms with Crippen molar-refractivity contribution in [3.63, 3.8) is 0 Å². The van der Waals surface area contributed by atoms with Crippen molar-refractivity contribution in [2.75, 3.05) is 13.1 Å². The second-order valence-electron chi connectivity index (χ2n) is 6.98. The lowest BCUT2D eigenvalue weighted by molar-refractivity contribution is -0.132. The summed E-state index contributed by atoms with van der Waals surface area (Å²) in [5, 5.41) is 3.10. The smallest absolute Gasteiger partial charge is 0.246 e. The molecule has 1 N–H and O–H groups in total. The average Bonchev–Trinajstić information content (AvgIpc) is 2.73. The number of amides is 2. The molecule has 1 unspecified atom stereocenters. The van der Waals surface area contributed by atoms with Gasteiger partial charge in [0.15, 0.2) is 0 Å². The third-order valence-corrected chi connectivity index (χ3v) is 5.05. The Morgan fingerprint density at radius 1 is 1.00 bits per heavy atom. The molecule has 1 aliphatic rings. The molecule has 0 bridgehead atoms. The molecule has 140 valence electrons. The monoisotopic (exact) mass is 362 g/mol. The number of hydrogen-bond donors (Lipinski definition) is 1. The number of rotatable bonds is 5. The predicted molar refractivity (Wildman–Crippen MR) is 108 cm³/mol. The molecule has 0 radical (unpaired) electrons. The van der Waals surface area contributed by atoms with Gasteiger partial charge in [-0.3, -0.25) is 9.59 Å². The van der Waals surface area contributed by atoms with Gasteiger partial charge in [0.1, 0.15) is 0 Å². The van der Waals surface area contributed by atoms with Crippen LogP contribution in [0.25, 0.3) is 6.08 Å². The van der Waals surface area contributed by atoms with E-state index in [0.717, 1.165) is 11.1 Å². The van der Waals surface area contributed by atoms with Crippen LogP contribution >= 0.6 is 0 Å². The molecule has 0 saturated carbocycles. The van der Waals surface area contributed by atoms with Gasteiger partial charge in [0.2, 0.25) is 11.8 Å². The first-order valence-electron chi connectivity index (χ1n) is 9.51. The van der Waals surface area contributed by atoms with Crippen LogP contribution in [0.15, 0.2) is 66.7 Å². The maximum atomic E-state index is 12.5. The normalized spacial score (nSPS) is 16.3. The SMILES string of the molecule is CC(NC(=O)C1CCN(C(=O)C=Cc2ccccc2)CC1)c1ccccc1. The number of carbonyl (C=O) groups is 2. The number of nitrogens with zero attached hydrogens (tertiary/aromatic N) is 1. The molecule has 1 saturated heterocycles. The van der Waals surface area contributed by atoms with Crippen molar-refractivity contribution in [2.45, 2.75) is 25.8 Å². The van der Waals surface area contributed by atoms with Gasteiger partial charge in [-0.15, -0.1) is 0 Å². The fraction of sp³-hybridized carbons (Fsp3) is 0.304. The van der Waals surface area contributed by atoms with E-state index in [-0.39, 0.29) is 23.8 Å². The molecule has 1 fully saturated rings. The number of hydrogen-bond acceptors (Lipinski definition) is 2. The highest BCUT2D eigenvalue weighted by atomic mass is 16.2. The van der Waals surface area contributed by atoms with Crippen LogP contribution < -0.4 is 5.32 Å². The molecule has 4 nitrogen and oxygen atoms in total. The van der Waals surface area contributed by atoms with E-state index in [4.69, 9.17) is 0 Å². The quantitative estimate of drug-likeness (QED) is 0.822. The number of benzene rings is 2. The first kappa shape index (κ1) is 18.9. The molecule has 0 aromatic heterocycles. The van der Waals surface area contributed by atoms with Gasteiger partial charge in [0, 0.05) is 25.1 Å². The number of nitrogens with one attached hydrogen (secondary N) is 1. The second kappa shape index (κ2) is 9.17. The fourth-order valence-electron chi connectivity index (χ4n) is 3.36. The molecule has 1 atom stereocenters. The number of likely N-dealkylation sites (tertiary alicyclic amines) is 1. The van der Waals surface area contributed by atoms with Crippen LogP contribution in [-0.2, 0) is 9.59 Å². The fourth-order valence-corrected chi connectivity index (χ4v) is 3.36. The maximum Gasteiger partial charge on any atom is 0.246 e. The summed E-state index contributed by atoms with van der Waals surface area (Å²) in [4.78, 5) is 26.7. The van der Waals surface area contributed by atoms with Gasteiger partial charge in [0.25, 0.3) is 0 Å². The Labute approximate surface area is 160 Å². The van der Waals surface area contributed by atoms with Crippen molar-refractivity contribution in [2.24, 2.45) is 5.92 Å². The Morgan fingerprint density at radius 2 is 1.59 bits per heavy atom. The summed E-state index contributed by atoms with van der Waals surface area (Å²) in [5.74, 6) is 0.0620. The van der Waals surface area contributed by atoms with Crippen LogP contribution in [0.5, 0.6) is 0 Å². The summed E-state index contributed by atoms with van der Waals surface area (Å²) >= 11 is 0. The van der Waals surface area contributed by atoms with E-state index in [1.807, 2.05) is 78.6 Å². The second-order valence-corrected chi connectivity index (χ2v) is 6.98. The van der Waals surface area contributed by atoms with Crippen molar-refractivity contribution >= 4 is 17.9 Å². The number of piperidine rings is 1. The molecule has 2 aromatic carbocycles. The van der Waals surface area contributed by atoms with E-state index in [9.17, 15) is 9.59 Å². The summed E-state index contributed by atoms with van der Waals surface area (Å²) in [5.41, 5.74) is 2.11. The Balaban J connectivity index is 1.47. The summed E-state index contributed by atoms with van der Waals surface area (Å²) < 4.78 is 0. The maximum absolute atomic E-state index is 12.5. The molecule has 4 heteroatoms. The highest BCUT2D eigenvalue weighted by molar-refractivity contribution is 5.92. The highest BCUT2D eigenvalue weighted by Crippen LogP contribution is 2.20. The number of carbonyl (C=O) groups excluding carboxylic acids is 2. The third-order valence-electron chi connectivity index (χ3n) is 5.05. The average molecular weight is 362 g/mol. The summed E-state index contributed by atoms with van der Waals surface area (Å²) in [6.07, 6.45) is 4.87. The van der Waals surface area contributed by atoms with E-state index >= 15 is 0 Å². The Morgan fingerprint density at radius 3 is 2.22 bits per heavy atom. The molecule has 3 rings (SSSR count). The molecule has 2 amide bonds. The largest absolute Gasteiger partial charge is 0.349 e. The molecule has 0 spiro atoms. The van der Waals surface area contributed by atoms with Crippen LogP contribution in [-0.4, -0.2) is 29.8 Å². The zero-order chi connectivity index (χ0) is 19.1. The van der Waals surface area contributed by atoms with Gasteiger partial charge < -0.3 is 10.2 Å². The van der Waals surface area contributed by atoms with Crippen LogP contribution in [0.3, 0.4) is 0 Å². The first-order chi connectivity index (χ1) is 13.1. The van der Waals surface area contributed by atoms with E-state index in [1.165, 1.54) is 0 Å². The van der Waals surface area contributed by atoms with Crippen LogP contribution in [0.4, 0.5) is 0 Å². The highest BCUT2D eigenvalue weighted by Gasteiger charge is 2.27. The Hall–Kier alpha value is -2.88. The lowest BCUT2D eigenvalue weighted by Crippen LogP contribution is -2.43. The molecule has 1 heterocycles. The van der Waals surface area contributed by atoms with E-state index in [0.29, 0.717) is 25.9 Å². The van der Waals surface area contributed by atoms with Gasteiger partial charge >= 0.3 is 0 Å². The van der Waals surface area contributed by atoms with Crippen LogP contribution in [0, 0.1) is 5.92 Å². The zero-order valence-electron chi connectivity index (χ0n) is 15.7. The zero-order valence-corrected chi connectivity index (χ0v) is 15.7. The molecule has 2 aromatic rings. The van der Waals surface area contributed by atoms with Crippen molar-refractivity contribution < 1.29 is 9.59 Å². The standard InChI is InChI=1S/C23H26N2O2/c1-18(20-10-6-3-7-11-20)24-23(27)21-14-16-25(17-15-21)22(26)13-12-19-8-4-2-5-9-19/h2-13,18,21H,14-17H2,1H3,(H,24,27). The lowest BCUT2D eigenvalue weighted by atomic mass is 9.95. The van der Waals surface area contributed by atoms with E-state index in [1.54, 1.807) is 6.08 Å². The van der Waals surface area contributed by atoms with E-state index < -0.39 is 0 Å². The summed E-state index contributed by atoms with van der Waals surface area (Å²) in [6.45, 7) is 3.24. The van der Waals surface area contributed by atoms with Crippen molar-refractivity contribution in [3.05, 3.63) is 77.9 Å². The minimum atomic E-state index is -0.0293. The topological polar surface area (TPSA) is 49.4 Å². The van der Waals surface area contributed by atoms with Crippen LogP contribution in [0.1, 0.15) is 36.9 Å². The van der Waals surface area contributed by atoms with E-state index in [2.05, 4.69) is 5.32 Å².